The quantitative estimate of drug-likeness (QED) is 0.798. The van der Waals surface area contributed by atoms with Gasteiger partial charge in [-0.15, -0.1) is 0 Å². The van der Waals surface area contributed by atoms with Crippen molar-refractivity contribution >= 4 is 33.4 Å². The fraction of sp³-hybridized carbons (Fsp3) is 1.00. The molecule has 2 saturated heterocycles. The molecular formula is C12H22O2S3. The van der Waals surface area contributed by atoms with Gasteiger partial charge >= 0.3 is 0 Å². The first kappa shape index (κ1) is 14.1. The normalized spacial score (nSPS) is 38.7. The Kier molecular flexibility index (Phi) is 4.75. The average Bonchev–Trinajstić information content (AvgIpc) is 2.97. The van der Waals surface area contributed by atoms with E-state index in [1.165, 1.54) is 0 Å². The van der Waals surface area contributed by atoms with E-state index in [9.17, 15) is 8.42 Å². The number of rotatable bonds is 4. The zero-order valence-corrected chi connectivity index (χ0v) is 13.0. The van der Waals surface area contributed by atoms with Crippen LogP contribution in [-0.2, 0) is 9.84 Å². The molecule has 2 rings (SSSR count). The minimum absolute atomic E-state index is 0.0600. The molecule has 0 bridgehead atoms. The van der Waals surface area contributed by atoms with Crippen LogP contribution in [0.2, 0.25) is 0 Å². The molecule has 0 aromatic heterocycles. The van der Waals surface area contributed by atoms with Gasteiger partial charge in [0.05, 0.1) is 10.5 Å². The highest BCUT2D eigenvalue weighted by molar-refractivity contribution is 8.04. The predicted octanol–water partition coefficient (Wildman–Crippen LogP) is 2.97. The van der Waals surface area contributed by atoms with Gasteiger partial charge in [0, 0.05) is 10.5 Å². The summed E-state index contributed by atoms with van der Waals surface area (Å²) in [6.45, 7) is 4.23. The van der Waals surface area contributed by atoms with Crippen LogP contribution in [0.1, 0.15) is 39.5 Å². The summed E-state index contributed by atoms with van der Waals surface area (Å²) in [4.78, 5) is 0. The van der Waals surface area contributed by atoms with E-state index in [2.05, 4.69) is 13.8 Å². The number of hydrogen-bond acceptors (Lipinski definition) is 4. The van der Waals surface area contributed by atoms with Gasteiger partial charge in [-0.25, -0.2) is 8.42 Å². The number of hydrogen-bond donors (Lipinski definition) is 0. The molecule has 0 spiro atoms. The fourth-order valence-electron chi connectivity index (χ4n) is 3.00. The molecule has 0 N–H and O–H groups in total. The van der Waals surface area contributed by atoms with E-state index in [1.807, 2.05) is 23.5 Å². The molecule has 2 aliphatic heterocycles. The Hall–Kier alpha value is 0.650. The SMILES string of the molecule is CCC1SCCC1S(=O)(=O)C1CCSC1CC. The first-order valence-electron chi connectivity index (χ1n) is 6.57. The third-order valence-corrected chi connectivity index (χ3v) is 10.2. The van der Waals surface area contributed by atoms with E-state index in [1.54, 1.807) is 0 Å². The second-order valence-corrected chi connectivity index (χ2v) is 9.96. The van der Waals surface area contributed by atoms with Crippen LogP contribution in [0.15, 0.2) is 0 Å². The average molecular weight is 295 g/mol. The molecule has 0 aromatic carbocycles. The van der Waals surface area contributed by atoms with Crippen molar-refractivity contribution in [1.82, 2.24) is 0 Å². The monoisotopic (exact) mass is 294 g/mol. The summed E-state index contributed by atoms with van der Waals surface area (Å²) in [5, 5.41) is 0.580. The van der Waals surface area contributed by atoms with Crippen LogP contribution in [0.5, 0.6) is 0 Å². The Morgan fingerprint density at radius 2 is 1.35 bits per heavy atom. The van der Waals surface area contributed by atoms with Crippen molar-refractivity contribution in [2.24, 2.45) is 0 Å². The summed E-state index contributed by atoms with van der Waals surface area (Å²) in [5.41, 5.74) is 0. The Bertz CT molecular complexity index is 325. The third-order valence-electron chi connectivity index (χ3n) is 3.95. The van der Waals surface area contributed by atoms with E-state index < -0.39 is 9.84 Å². The van der Waals surface area contributed by atoms with Crippen molar-refractivity contribution in [2.45, 2.75) is 60.5 Å². The zero-order valence-electron chi connectivity index (χ0n) is 10.6. The maximum atomic E-state index is 12.7. The summed E-state index contributed by atoms with van der Waals surface area (Å²) in [6, 6.07) is 0. The van der Waals surface area contributed by atoms with Gasteiger partial charge < -0.3 is 0 Å². The maximum absolute atomic E-state index is 12.7. The molecular weight excluding hydrogens is 272 g/mol. The topological polar surface area (TPSA) is 34.1 Å². The summed E-state index contributed by atoms with van der Waals surface area (Å²) >= 11 is 3.72. The highest BCUT2D eigenvalue weighted by atomic mass is 32.2. The van der Waals surface area contributed by atoms with Crippen LogP contribution < -0.4 is 0 Å². The molecule has 2 heterocycles. The molecule has 100 valence electrons. The minimum Gasteiger partial charge on any atom is -0.228 e. The van der Waals surface area contributed by atoms with E-state index in [-0.39, 0.29) is 10.5 Å². The van der Waals surface area contributed by atoms with Gasteiger partial charge in [-0.2, -0.15) is 23.5 Å². The van der Waals surface area contributed by atoms with Crippen LogP contribution in [0, 0.1) is 0 Å². The van der Waals surface area contributed by atoms with E-state index in [0.29, 0.717) is 10.5 Å². The van der Waals surface area contributed by atoms with E-state index in [4.69, 9.17) is 0 Å². The van der Waals surface area contributed by atoms with E-state index >= 15 is 0 Å². The van der Waals surface area contributed by atoms with Crippen molar-refractivity contribution in [3.05, 3.63) is 0 Å². The summed E-state index contributed by atoms with van der Waals surface area (Å²) in [7, 11) is -2.90. The lowest BCUT2D eigenvalue weighted by atomic mass is 10.2. The highest BCUT2D eigenvalue weighted by Gasteiger charge is 2.45. The van der Waals surface area contributed by atoms with Crippen molar-refractivity contribution in [2.75, 3.05) is 11.5 Å². The van der Waals surface area contributed by atoms with Gasteiger partial charge in [-0.05, 0) is 37.2 Å². The molecule has 4 atom stereocenters. The summed E-state index contributed by atoms with van der Waals surface area (Å²) in [5.74, 6) is 2.05. The summed E-state index contributed by atoms with van der Waals surface area (Å²) < 4.78 is 25.5. The predicted molar refractivity (Wildman–Crippen MR) is 78.8 cm³/mol. The fourth-order valence-corrected chi connectivity index (χ4v) is 9.83. The first-order chi connectivity index (χ1) is 8.11. The Labute approximate surface area is 114 Å². The molecule has 2 aliphatic rings. The standard InChI is InChI=1S/C12H22O2S3/c1-3-9-11(5-7-15-9)17(13,14)12-6-8-16-10(12)4-2/h9-12H,3-8H2,1-2H3. The lowest BCUT2D eigenvalue weighted by molar-refractivity contribution is 0.550. The maximum Gasteiger partial charge on any atom is 0.158 e. The first-order valence-corrected chi connectivity index (χ1v) is 10.3. The molecule has 17 heavy (non-hydrogen) atoms. The van der Waals surface area contributed by atoms with Crippen LogP contribution >= 0.6 is 23.5 Å². The molecule has 0 aromatic rings. The molecule has 5 heteroatoms. The second-order valence-electron chi connectivity index (χ2n) is 4.88. The van der Waals surface area contributed by atoms with Gasteiger partial charge in [0.2, 0.25) is 0 Å². The van der Waals surface area contributed by atoms with Crippen molar-refractivity contribution < 1.29 is 8.42 Å². The number of sulfone groups is 1. The largest absolute Gasteiger partial charge is 0.228 e. The molecule has 0 amide bonds. The van der Waals surface area contributed by atoms with Crippen LogP contribution in [-0.4, -0.2) is 40.9 Å². The van der Waals surface area contributed by atoms with Gasteiger partial charge in [0.15, 0.2) is 9.84 Å². The van der Waals surface area contributed by atoms with Crippen molar-refractivity contribution in [3.63, 3.8) is 0 Å². The van der Waals surface area contributed by atoms with Crippen LogP contribution in [0.4, 0.5) is 0 Å². The Morgan fingerprint density at radius 3 is 1.71 bits per heavy atom. The minimum atomic E-state index is -2.90. The van der Waals surface area contributed by atoms with Crippen molar-refractivity contribution in [1.29, 1.82) is 0 Å². The van der Waals surface area contributed by atoms with E-state index in [0.717, 1.165) is 37.2 Å². The van der Waals surface area contributed by atoms with Gasteiger partial charge in [0.1, 0.15) is 0 Å². The summed E-state index contributed by atoms with van der Waals surface area (Å²) in [6.07, 6.45) is 3.74. The van der Waals surface area contributed by atoms with Gasteiger partial charge in [-0.1, -0.05) is 13.8 Å². The smallest absolute Gasteiger partial charge is 0.158 e. The molecule has 2 fully saturated rings. The lowest BCUT2D eigenvalue weighted by Gasteiger charge is -2.25. The second kappa shape index (κ2) is 5.74. The zero-order chi connectivity index (χ0) is 12.5. The molecule has 0 saturated carbocycles. The van der Waals surface area contributed by atoms with Gasteiger partial charge in [0.25, 0.3) is 0 Å². The van der Waals surface area contributed by atoms with Gasteiger partial charge in [-0.3, -0.25) is 0 Å². The Balaban J connectivity index is 2.17. The molecule has 2 nitrogen and oxygen atoms in total. The van der Waals surface area contributed by atoms with Crippen LogP contribution in [0.25, 0.3) is 0 Å². The Morgan fingerprint density at radius 1 is 0.941 bits per heavy atom. The highest BCUT2D eigenvalue weighted by Crippen LogP contribution is 2.41. The molecule has 4 unspecified atom stereocenters. The molecule has 0 aliphatic carbocycles. The third kappa shape index (κ3) is 2.66. The lowest BCUT2D eigenvalue weighted by Crippen LogP contribution is -2.39. The molecule has 0 radical (unpaired) electrons. The van der Waals surface area contributed by atoms with Crippen LogP contribution in [0.3, 0.4) is 0 Å². The van der Waals surface area contributed by atoms with Crippen molar-refractivity contribution in [3.8, 4) is 0 Å². The number of thioether (sulfide) groups is 2.